The molecule has 1 aliphatic carbocycles. The Hall–Kier alpha value is -0.910. The van der Waals surface area contributed by atoms with Gasteiger partial charge in [-0.25, -0.2) is 0 Å². The first-order chi connectivity index (χ1) is 11.5. The summed E-state index contributed by atoms with van der Waals surface area (Å²) < 4.78 is 0. The van der Waals surface area contributed by atoms with Gasteiger partial charge in [0.25, 0.3) is 0 Å². The molecule has 1 aliphatic rings. The maximum Gasteiger partial charge on any atom is 0.303 e. The van der Waals surface area contributed by atoms with Gasteiger partial charge in [0.1, 0.15) is 0 Å². The summed E-state index contributed by atoms with van der Waals surface area (Å²) in [6, 6.07) is 0. The highest BCUT2D eigenvalue weighted by Crippen LogP contribution is 2.37. The number of aliphatic hydroxyl groups excluding tert-OH is 3. The molecule has 0 aromatic carbocycles. The van der Waals surface area contributed by atoms with E-state index in [9.17, 15) is 20.1 Å². The van der Waals surface area contributed by atoms with Gasteiger partial charge in [-0.3, -0.25) is 4.79 Å². The van der Waals surface area contributed by atoms with Gasteiger partial charge in [-0.1, -0.05) is 51.2 Å². The van der Waals surface area contributed by atoms with Crippen molar-refractivity contribution in [1.29, 1.82) is 0 Å². The van der Waals surface area contributed by atoms with Gasteiger partial charge < -0.3 is 20.4 Å². The molecule has 0 amide bonds. The monoisotopic (exact) mass is 342 g/mol. The van der Waals surface area contributed by atoms with Crippen molar-refractivity contribution in [2.75, 3.05) is 0 Å². The highest BCUT2D eigenvalue weighted by molar-refractivity contribution is 5.66. The summed E-state index contributed by atoms with van der Waals surface area (Å²) in [5.41, 5.74) is 0. The molecule has 1 rings (SSSR count). The van der Waals surface area contributed by atoms with Crippen LogP contribution in [0.5, 0.6) is 0 Å². The van der Waals surface area contributed by atoms with Gasteiger partial charge in [-0.05, 0) is 25.2 Å². The number of aliphatic carboxylic acids is 1. The minimum absolute atomic E-state index is 0.0103. The van der Waals surface area contributed by atoms with Crippen LogP contribution in [-0.4, -0.2) is 44.7 Å². The van der Waals surface area contributed by atoms with Gasteiger partial charge in [0.2, 0.25) is 0 Å². The van der Waals surface area contributed by atoms with Crippen LogP contribution in [0.4, 0.5) is 0 Å². The Balaban J connectivity index is 2.42. The molecular formula is C19H34O5. The first kappa shape index (κ1) is 21.1. The number of aliphatic hydroxyl groups is 3. The van der Waals surface area contributed by atoms with Gasteiger partial charge in [-0.2, -0.15) is 0 Å². The van der Waals surface area contributed by atoms with E-state index in [1.807, 2.05) is 6.08 Å². The number of unbranched alkanes of at least 4 members (excludes halogenated alkanes) is 4. The van der Waals surface area contributed by atoms with Crippen LogP contribution in [0.15, 0.2) is 12.2 Å². The van der Waals surface area contributed by atoms with Gasteiger partial charge in [0.05, 0.1) is 18.3 Å². The van der Waals surface area contributed by atoms with Crippen LogP contribution >= 0.6 is 0 Å². The second-order valence-corrected chi connectivity index (χ2v) is 7.05. The molecule has 0 heterocycles. The predicted molar refractivity (Wildman–Crippen MR) is 93.6 cm³/mol. The Bertz CT molecular complexity index is 382. The molecule has 1 unspecified atom stereocenters. The molecule has 0 spiro atoms. The second kappa shape index (κ2) is 11.6. The van der Waals surface area contributed by atoms with E-state index in [-0.39, 0.29) is 18.3 Å². The first-order valence-electron chi connectivity index (χ1n) is 9.40. The van der Waals surface area contributed by atoms with E-state index in [1.165, 1.54) is 0 Å². The summed E-state index contributed by atoms with van der Waals surface area (Å²) in [6.07, 6.45) is 9.67. The van der Waals surface area contributed by atoms with Crippen molar-refractivity contribution in [2.45, 2.75) is 89.4 Å². The van der Waals surface area contributed by atoms with E-state index >= 15 is 0 Å². The third kappa shape index (κ3) is 7.77. The van der Waals surface area contributed by atoms with Crippen molar-refractivity contribution < 1.29 is 25.2 Å². The highest BCUT2D eigenvalue weighted by Gasteiger charge is 2.39. The summed E-state index contributed by atoms with van der Waals surface area (Å²) >= 11 is 0. The minimum Gasteiger partial charge on any atom is -0.481 e. The van der Waals surface area contributed by atoms with Crippen molar-refractivity contribution >= 4 is 5.97 Å². The number of carboxylic acids is 1. The van der Waals surface area contributed by atoms with E-state index in [4.69, 9.17) is 5.11 Å². The van der Waals surface area contributed by atoms with Gasteiger partial charge >= 0.3 is 5.97 Å². The lowest BCUT2D eigenvalue weighted by Crippen LogP contribution is -2.21. The molecule has 1 fully saturated rings. The molecule has 1 saturated carbocycles. The van der Waals surface area contributed by atoms with Gasteiger partial charge in [0.15, 0.2) is 0 Å². The van der Waals surface area contributed by atoms with Crippen LogP contribution in [0.2, 0.25) is 0 Å². The Morgan fingerprint density at radius 3 is 2.54 bits per heavy atom. The molecule has 5 atom stereocenters. The van der Waals surface area contributed by atoms with Crippen molar-refractivity contribution in [2.24, 2.45) is 11.8 Å². The van der Waals surface area contributed by atoms with E-state index in [0.717, 1.165) is 44.9 Å². The van der Waals surface area contributed by atoms with Crippen molar-refractivity contribution in [3.63, 3.8) is 0 Å². The zero-order chi connectivity index (χ0) is 17.9. The lowest BCUT2D eigenvalue weighted by molar-refractivity contribution is -0.137. The molecule has 140 valence electrons. The van der Waals surface area contributed by atoms with Crippen LogP contribution < -0.4 is 0 Å². The fourth-order valence-corrected chi connectivity index (χ4v) is 3.57. The second-order valence-electron chi connectivity index (χ2n) is 7.05. The molecule has 0 bridgehead atoms. The number of carbonyl (C=O) groups is 1. The molecular weight excluding hydrogens is 308 g/mol. The SMILES string of the molecule is CCCCCC(O)/C=C/[C@@H]1[C@@H](CCCCCC(=O)O)[C@@H](O)C[C@H]1O. The third-order valence-corrected chi connectivity index (χ3v) is 5.00. The van der Waals surface area contributed by atoms with Crippen LogP contribution in [-0.2, 0) is 4.79 Å². The van der Waals surface area contributed by atoms with Crippen LogP contribution in [0.3, 0.4) is 0 Å². The van der Waals surface area contributed by atoms with Gasteiger partial charge in [0, 0.05) is 18.8 Å². The maximum absolute atomic E-state index is 10.5. The Morgan fingerprint density at radius 2 is 1.88 bits per heavy atom. The molecule has 0 radical (unpaired) electrons. The van der Waals surface area contributed by atoms with E-state index in [1.54, 1.807) is 6.08 Å². The van der Waals surface area contributed by atoms with Crippen molar-refractivity contribution in [3.8, 4) is 0 Å². The van der Waals surface area contributed by atoms with E-state index < -0.39 is 24.3 Å². The number of rotatable bonds is 12. The van der Waals surface area contributed by atoms with Crippen molar-refractivity contribution in [3.05, 3.63) is 12.2 Å². The Kier molecular flexibility index (Phi) is 10.2. The minimum atomic E-state index is -0.774. The summed E-state index contributed by atoms with van der Waals surface area (Å²) in [5, 5.41) is 38.9. The topological polar surface area (TPSA) is 98.0 Å². The Labute approximate surface area is 145 Å². The fraction of sp³-hybridized carbons (Fsp3) is 0.842. The number of hydrogen-bond donors (Lipinski definition) is 4. The van der Waals surface area contributed by atoms with Crippen molar-refractivity contribution in [1.82, 2.24) is 0 Å². The fourth-order valence-electron chi connectivity index (χ4n) is 3.57. The number of hydrogen-bond acceptors (Lipinski definition) is 4. The van der Waals surface area contributed by atoms with Crippen LogP contribution in [0, 0.1) is 11.8 Å². The molecule has 0 aromatic heterocycles. The standard InChI is InChI=1S/C19H34O5/c1-2-3-5-8-14(20)11-12-16-15(17(21)13-18(16)22)9-6-4-7-10-19(23)24/h11-12,14-18,20-22H,2-10,13H2,1H3,(H,23,24)/b12-11+/t14?,15-,16-,17+,18-/m1/s1. The summed E-state index contributed by atoms with van der Waals surface area (Å²) in [7, 11) is 0. The third-order valence-electron chi connectivity index (χ3n) is 5.00. The predicted octanol–water partition coefficient (Wildman–Crippen LogP) is 2.88. The maximum atomic E-state index is 10.5. The van der Waals surface area contributed by atoms with E-state index in [2.05, 4.69) is 6.92 Å². The van der Waals surface area contributed by atoms with Gasteiger partial charge in [-0.15, -0.1) is 0 Å². The molecule has 4 N–H and O–H groups in total. The van der Waals surface area contributed by atoms with Crippen LogP contribution in [0.25, 0.3) is 0 Å². The molecule has 0 aliphatic heterocycles. The lowest BCUT2D eigenvalue weighted by Gasteiger charge is -2.21. The first-order valence-corrected chi connectivity index (χ1v) is 9.40. The zero-order valence-corrected chi connectivity index (χ0v) is 14.8. The zero-order valence-electron chi connectivity index (χ0n) is 14.8. The quantitative estimate of drug-likeness (QED) is 0.323. The summed E-state index contributed by atoms with van der Waals surface area (Å²) in [4.78, 5) is 10.5. The average Bonchev–Trinajstić information content (AvgIpc) is 2.78. The molecule has 0 aromatic rings. The highest BCUT2D eigenvalue weighted by atomic mass is 16.4. The van der Waals surface area contributed by atoms with Crippen LogP contribution in [0.1, 0.15) is 71.1 Å². The average molecular weight is 342 g/mol. The normalized spacial score (nSPS) is 28.5. The molecule has 24 heavy (non-hydrogen) atoms. The smallest absolute Gasteiger partial charge is 0.303 e. The number of carboxylic acid groups (broad SMARTS) is 1. The molecule has 5 heteroatoms. The summed E-state index contributed by atoms with van der Waals surface area (Å²) in [6.45, 7) is 2.12. The summed E-state index contributed by atoms with van der Waals surface area (Å²) in [5.74, 6) is -0.909. The molecule has 5 nitrogen and oxygen atoms in total. The lowest BCUT2D eigenvalue weighted by atomic mass is 9.88. The largest absolute Gasteiger partial charge is 0.481 e. The Morgan fingerprint density at radius 1 is 1.12 bits per heavy atom. The van der Waals surface area contributed by atoms with E-state index in [0.29, 0.717) is 12.8 Å². The molecule has 0 saturated heterocycles.